The number of carbonyl (C=O) groups is 2. The van der Waals surface area contributed by atoms with Crippen molar-refractivity contribution in [3.8, 4) is 5.75 Å². The summed E-state index contributed by atoms with van der Waals surface area (Å²) in [6.07, 6.45) is 4.63. The topological polar surface area (TPSA) is 131 Å². The van der Waals surface area contributed by atoms with E-state index in [4.69, 9.17) is 10.5 Å². The number of nitrogens with zero attached hydrogens (tertiary/aromatic N) is 2. The predicted octanol–water partition coefficient (Wildman–Crippen LogP) is 1.61. The van der Waals surface area contributed by atoms with Crippen LogP contribution in [0, 0.1) is 0 Å². The van der Waals surface area contributed by atoms with Crippen LogP contribution in [0.3, 0.4) is 0 Å². The van der Waals surface area contributed by atoms with E-state index in [0.717, 1.165) is 19.3 Å². The Hall–Kier alpha value is -3.36. The number of fused-ring (bicyclic) bond motifs is 1. The van der Waals surface area contributed by atoms with Gasteiger partial charge in [-0.25, -0.2) is 4.98 Å². The van der Waals surface area contributed by atoms with E-state index in [9.17, 15) is 9.59 Å². The molecule has 1 aromatic heterocycles. The van der Waals surface area contributed by atoms with Gasteiger partial charge in [-0.15, -0.1) is 0 Å². The second-order valence-electron chi connectivity index (χ2n) is 6.27. The Labute approximate surface area is 149 Å². The minimum Gasteiger partial charge on any atom is -0.482 e. The molecule has 2 amide bonds. The molecule has 1 aliphatic heterocycles. The van der Waals surface area contributed by atoms with Crippen molar-refractivity contribution in [1.82, 2.24) is 9.97 Å². The first-order valence-corrected chi connectivity index (χ1v) is 8.35. The third kappa shape index (κ3) is 3.23. The van der Waals surface area contributed by atoms with Gasteiger partial charge < -0.3 is 26.4 Å². The van der Waals surface area contributed by atoms with Gasteiger partial charge in [0.05, 0.1) is 11.3 Å². The molecule has 1 aliphatic carbocycles. The molecule has 0 bridgehead atoms. The van der Waals surface area contributed by atoms with E-state index >= 15 is 0 Å². The lowest BCUT2D eigenvalue weighted by Gasteiger charge is -2.27. The lowest BCUT2D eigenvalue weighted by Crippen LogP contribution is -2.29. The number of benzene rings is 1. The van der Waals surface area contributed by atoms with Crippen molar-refractivity contribution in [2.45, 2.75) is 25.3 Å². The van der Waals surface area contributed by atoms with E-state index in [1.165, 1.54) is 6.20 Å². The zero-order chi connectivity index (χ0) is 18.1. The maximum atomic E-state index is 11.6. The number of primary amides is 1. The first-order valence-electron chi connectivity index (χ1n) is 8.35. The summed E-state index contributed by atoms with van der Waals surface area (Å²) in [6.45, 7) is 0.00760. The van der Waals surface area contributed by atoms with Gasteiger partial charge in [0.15, 0.2) is 6.61 Å². The third-order valence-corrected chi connectivity index (χ3v) is 4.37. The molecule has 0 radical (unpaired) electrons. The number of anilines is 4. The maximum Gasteiger partial charge on any atom is 0.262 e. The molecule has 4 rings (SSSR count). The average Bonchev–Trinajstić information content (AvgIpc) is 2.57. The molecule has 0 atom stereocenters. The van der Waals surface area contributed by atoms with Crippen LogP contribution >= 0.6 is 0 Å². The third-order valence-electron chi connectivity index (χ3n) is 4.37. The summed E-state index contributed by atoms with van der Waals surface area (Å²) >= 11 is 0. The lowest BCUT2D eigenvalue weighted by atomic mass is 9.93. The van der Waals surface area contributed by atoms with Crippen LogP contribution in [-0.2, 0) is 4.79 Å². The Morgan fingerprint density at radius 1 is 1.35 bits per heavy atom. The molecule has 9 nitrogen and oxygen atoms in total. The second-order valence-corrected chi connectivity index (χ2v) is 6.27. The lowest BCUT2D eigenvalue weighted by molar-refractivity contribution is -0.118. The Morgan fingerprint density at radius 3 is 2.92 bits per heavy atom. The molecule has 2 heterocycles. The van der Waals surface area contributed by atoms with Gasteiger partial charge in [-0.1, -0.05) is 0 Å². The smallest absolute Gasteiger partial charge is 0.262 e. The Kier molecular flexibility index (Phi) is 4.04. The standard InChI is InChI=1S/C17H18N6O3/c18-15(25)11-7-19-17(23-16(11)20-9-2-1-3-9)21-10-4-5-13-12(6-10)22-14(24)8-26-13/h4-7,9H,1-3,8H2,(H2,18,25)(H,22,24)(H2,19,20,21,23). The van der Waals surface area contributed by atoms with Gasteiger partial charge in [0.25, 0.3) is 11.8 Å². The Balaban J connectivity index is 1.57. The van der Waals surface area contributed by atoms with Crippen LogP contribution in [0.25, 0.3) is 0 Å². The summed E-state index contributed by atoms with van der Waals surface area (Å²) < 4.78 is 5.33. The molecule has 0 spiro atoms. The van der Waals surface area contributed by atoms with Gasteiger partial charge >= 0.3 is 0 Å². The number of nitrogens with one attached hydrogen (secondary N) is 3. The van der Waals surface area contributed by atoms with E-state index in [2.05, 4.69) is 25.9 Å². The fourth-order valence-electron chi connectivity index (χ4n) is 2.77. The molecule has 9 heteroatoms. The molecule has 0 saturated heterocycles. The van der Waals surface area contributed by atoms with E-state index in [1.807, 2.05) is 0 Å². The SMILES string of the molecule is NC(=O)c1cnc(Nc2ccc3c(c2)NC(=O)CO3)nc1NC1CCC1. The largest absolute Gasteiger partial charge is 0.482 e. The number of hydrogen-bond donors (Lipinski definition) is 4. The maximum absolute atomic E-state index is 11.6. The van der Waals surface area contributed by atoms with Crippen LogP contribution in [0.5, 0.6) is 5.75 Å². The van der Waals surface area contributed by atoms with E-state index in [-0.39, 0.29) is 18.1 Å². The van der Waals surface area contributed by atoms with Gasteiger partial charge in [0, 0.05) is 17.9 Å². The minimum absolute atomic E-state index is 0.00760. The number of amides is 2. The number of rotatable bonds is 5. The molecule has 0 unspecified atom stereocenters. The van der Waals surface area contributed by atoms with Crippen LogP contribution in [0.4, 0.5) is 23.1 Å². The fourth-order valence-corrected chi connectivity index (χ4v) is 2.77. The summed E-state index contributed by atoms with van der Waals surface area (Å²) in [5.41, 5.74) is 6.92. The highest BCUT2D eigenvalue weighted by molar-refractivity contribution is 5.97. The first kappa shape index (κ1) is 16.1. The van der Waals surface area contributed by atoms with Gasteiger partial charge in [-0.3, -0.25) is 9.59 Å². The molecule has 2 aliphatic rings. The summed E-state index contributed by atoms with van der Waals surface area (Å²) in [5, 5.41) is 9.05. The van der Waals surface area contributed by atoms with Crippen molar-refractivity contribution in [3.05, 3.63) is 30.0 Å². The van der Waals surface area contributed by atoms with Gasteiger partial charge in [-0.05, 0) is 37.5 Å². The van der Waals surface area contributed by atoms with Crippen molar-refractivity contribution in [1.29, 1.82) is 0 Å². The number of hydrogen-bond acceptors (Lipinski definition) is 7. The van der Waals surface area contributed by atoms with Crippen molar-refractivity contribution in [2.24, 2.45) is 5.73 Å². The second kappa shape index (κ2) is 6.51. The number of carbonyl (C=O) groups excluding carboxylic acids is 2. The van der Waals surface area contributed by atoms with E-state index < -0.39 is 5.91 Å². The number of nitrogens with two attached hydrogens (primary N) is 1. The molecular weight excluding hydrogens is 336 g/mol. The van der Waals surface area contributed by atoms with E-state index in [1.54, 1.807) is 18.2 Å². The Bertz CT molecular complexity index is 881. The van der Waals surface area contributed by atoms with Crippen molar-refractivity contribution in [2.75, 3.05) is 22.6 Å². The fraction of sp³-hybridized carbons (Fsp3) is 0.294. The van der Waals surface area contributed by atoms with Crippen LogP contribution < -0.4 is 26.4 Å². The average molecular weight is 354 g/mol. The van der Waals surface area contributed by atoms with Gasteiger partial charge in [0.1, 0.15) is 11.6 Å². The molecule has 1 aromatic carbocycles. The molecule has 1 saturated carbocycles. The van der Waals surface area contributed by atoms with E-state index in [0.29, 0.717) is 34.9 Å². The highest BCUT2D eigenvalue weighted by atomic mass is 16.5. The van der Waals surface area contributed by atoms with Crippen molar-refractivity contribution in [3.63, 3.8) is 0 Å². The number of ether oxygens (including phenoxy) is 1. The first-order chi connectivity index (χ1) is 12.6. The van der Waals surface area contributed by atoms with Crippen molar-refractivity contribution < 1.29 is 14.3 Å². The summed E-state index contributed by atoms with van der Waals surface area (Å²) in [5.74, 6) is 0.567. The highest BCUT2D eigenvalue weighted by Crippen LogP contribution is 2.31. The molecule has 2 aromatic rings. The number of aromatic nitrogens is 2. The molecule has 5 N–H and O–H groups in total. The zero-order valence-corrected chi connectivity index (χ0v) is 13.9. The summed E-state index contributed by atoms with van der Waals surface area (Å²) in [7, 11) is 0. The molecule has 1 fully saturated rings. The normalized spacial score (nSPS) is 15.9. The monoisotopic (exact) mass is 354 g/mol. The summed E-state index contributed by atoms with van der Waals surface area (Å²) in [6, 6.07) is 5.58. The van der Waals surface area contributed by atoms with Crippen LogP contribution in [0.1, 0.15) is 29.6 Å². The van der Waals surface area contributed by atoms with Crippen LogP contribution in [-0.4, -0.2) is 34.4 Å². The van der Waals surface area contributed by atoms with Crippen LogP contribution in [0.15, 0.2) is 24.4 Å². The quantitative estimate of drug-likeness (QED) is 0.641. The minimum atomic E-state index is -0.577. The van der Waals surface area contributed by atoms with Gasteiger partial charge in [-0.2, -0.15) is 4.98 Å². The molecule has 26 heavy (non-hydrogen) atoms. The Morgan fingerprint density at radius 2 is 2.19 bits per heavy atom. The highest BCUT2D eigenvalue weighted by Gasteiger charge is 2.21. The van der Waals surface area contributed by atoms with Crippen LogP contribution in [0.2, 0.25) is 0 Å². The summed E-state index contributed by atoms with van der Waals surface area (Å²) in [4.78, 5) is 31.6. The molecular formula is C17H18N6O3. The van der Waals surface area contributed by atoms with Crippen molar-refractivity contribution >= 4 is 35.0 Å². The van der Waals surface area contributed by atoms with Gasteiger partial charge in [0.2, 0.25) is 5.95 Å². The predicted molar refractivity (Wildman–Crippen MR) is 95.7 cm³/mol. The molecule has 134 valence electrons. The zero-order valence-electron chi connectivity index (χ0n) is 13.9.